The van der Waals surface area contributed by atoms with Gasteiger partial charge in [0.15, 0.2) is 0 Å². The van der Waals surface area contributed by atoms with E-state index >= 15 is 0 Å². The third-order valence-electron chi connectivity index (χ3n) is 2.74. The van der Waals surface area contributed by atoms with Gasteiger partial charge in [-0.15, -0.1) is 0 Å². The second-order valence-electron chi connectivity index (χ2n) is 4.07. The Balaban J connectivity index is 1.98. The highest BCUT2D eigenvalue weighted by Gasteiger charge is 2.12. The van der Waals surface area contributed by atoms with Gasteiger partial charge in [-0.1, -0.05) is 23.7 Å². The number of nitrogens with zero attached hydrogens (tertiary/aromatic N) is 1. The minimum atomic E-state index is -0.561. The molecule has 0 aliphatic heterocycles. The molecule has 2 aromatic rings. The Morgan fingerprint density at radius 2 is 2.05 bits per heavy atom. The van der Waals surface area contributed by atoms with Gasteiger partial charge in [-0.25, -0.2) is 4.79 Å². The Hall–Kier alpha value is -2.27. The highest BCUT2D eigenvalue weighted by molar-refractivity contribution is 6.33. The monoisotopic (exact) mass is 292 g/mol. The van der Waals surface area contributed by atoms with Crippen LogP contribution in [0.25, 0.3) is 0 Å². The zero-order valence-corrected chi connectivity index (χ0v) is 11.3. The van der Waals surface area contributed by atoms with Crippen LogP contribution >= 0.6 is 11.6 Å². The predicted molar refractivity (Wildman–Crippen MR) is 76.8 cm³/mol. The first-order valence-corrected chi connectivity index (χ1v) is 6.34. The number of halogens is 1. The fourth-order valence-electron chi connectivity index (χ4n) is 1.67. The van der Waals surface area contributed by atoms with Crippen LogP contribution in [-0.2, 0) is 11.3 Å². The average Bonchev–Trinajstić information content (AvgIpc) is 2.44. The number of esters is 1. The molecule has 0 saturated heterocycles. The van der Waals surface area contributed by atoms with Gasteiger partial charge in [0.25, 0.3) is 5.56 Å². The lowest BCUT2D eigenvalue weighted by Gasteiger charge is -2.09. The molecule has 6 heteroatoms. The van der Waals surface area contributed by atoms with Crippen molar-refractivity contribution in [3.63, 3.8) is 0 Å². The molecule has 0 aliphatic carbocycles. The summed E-state index contributed by atoms with van der Waals surface area (Å²) in [5.74, 6) is -0.561. The summed E-state index contributed by atoms with van der Waals surface area (Å²) in [6.45, 7) is 0.362. The largest absolute Gasteiger partial charge is 0.460 e. The summed E-state index contributed by atoms with van der Waals surface area (Å²) in [5, 5.41) is 0.304. The van der Waals surface area contributed by atoms with Crippen LogP contribution < -0.4 is 11.3 Å². The van der Waals surface area contributed by atoms with Gasteiger partial charge in [0.1, 0.15) is 6.61 Å². The summed E-state index contributed by atoms with van der Waals surface area (Å²) in [7, 11) is 0. The second-order valence-corrected chi connectivity index (χ2v) is 4.48. The van der Waals surface area contributed by atoms with Crippen LogP contribution in [0.3, 0.4) is 0 Å². The van der Waals surface area contributed by atoms with Crippen molar-refractivity contribution in [3.8, 4) is 0 Å². The maximum absolute atomic E-state index is 11.8. The van der Waals surface area contributed by atoms with E-state index in [-0.39, 0.29) is 30.0 Å². The Labute approximate surface area is 120 Å². The number of benzene rings is 1. The fourth-order valence-corrected chi connectivity index (χ4v) is 1.85. The molecule has 20 heavy (non-hydrogen) atoms. The Morgan fingerprint density at radius 3 is 2.80 bits per heavy atom. The molecule has 0 fully saturated rings. The number of carbonyl (C=O) groups is 1. The lowest BCUT2D eigenvalue weighted by molar-refractivity contribution is 0.0491. The van der Waals surface area contributed by atoms with E-state index in [2.05, 4.69) is 0 Å². The van der Waals surface area contributed by atoms with Crippen molar-refractivity contribution < 1.29 is 9.53 Å². The topological polar surface area (TPSA) is 74.3 Å². The molecular weight excluding hydrogens is 280 g/mol. The Bertz CT molecular complexity index is 682. The molecule has 0 saturated carbocycles. The van der Waals surface area contributed by atoms with Crippen molar-refractivity contribution >= 4 is 23.3 Å². The van der Waals surface area contributed by atoms with Crippen molar-refractivity contribution in [2.75, 3.05) is 12.3 Å². The number of ether oxygens (including phenoxy) is 1. The van der Waals surface area contributed by atoms with Crippen LogP contribution in [0.4, 0.5) is 5.69 Å². The van der Waals surface area contributed by atoms with Crippen molar-refractivity contribution in [1.82, 2.24) is 4.57 Å². The van der Waals surface area contributed by atoms with Gasteiger partial charge in [0, 0.05) is 12.3 Å². The van der Waals surface area contributed by atoms with Crippen LogP contribution in [0.1, 0.15) is 10.4 Å². The molecule has 0 bridgehead atoms. The highest BCUT2D eigenvalue weighted by atomic mass is 35.5. The van der Waals surface area contributed by atoms with E-state index in [1.165, 1.54) is 16.7 Å². The highest BCUT2D eigenvalue weighted by Crippen LogP contribution is 2.22. The number of aromatic nitrogens is 1. The van der Waals surface area contributed by atoms with Gasteiger partial charge in [0.2, 0.25) is 0 Å². The van der Waals surface area contributed by atoms with Crippen LogP contribution in [0.15, 0.2) is 47.4 Å². The molecule has 0 amide bonds. The van der Waals surface area contributed by atoms with Gasteiger partial charge in [-0.3, -0.25) is 4.79 Å². The molecule has 1 heterocycles. The molecule has 2 N–H and O–H groups in total. The van der Waals surface area contributed by atoms with Crippen molar-refractivity contribution in [2.45, 2.75) is 6.54 Å². The average molecular weight is 293 g/mol. The summed E-state index contributed by atoms with van der Waals surface area (Å²) in [5.41, 5.74) is 5.97. The van der Waals surface area contributed by atoms with E-state index in [0.717, 1.165) is 0 Å². The fraction of sp³-hybridized carbons (Fsp3) is 0.143. The maximum Gasteiger partial charge on any atom is 0.340 e. The molecule has 0 atom stereocenters. The normalized spacial score (nSPS) is 10.2. The zero-order chi connectivity index (χ0) is 14.5. The first-order valence-electron chi connectivity index (χ1n) is 5.96. The molecule has 5 nitrogen and oxygen atoms in total. The molecule has 0 aliphatic rings. The summed E-state index contributed by atoms with van der Waals surface area (Å²) < 4.78 is 6.54. The zero-order valence-electron chi connectivity index (χ0n) is 10.6. The quantitative estimate of drug-likeness (QED) is 0.690. The number of hydrogen-bond acceptors (Lipinski definition) is 4. The van der Waals surface area contributed by atoms with E-state index in [1.807, 2.05) is 0 Å². The molecule has 1 aromatic heterocycles. The minimum Gasteiger partial charge on any atom is -0.460 e. The number of nitrogens with two attached hydrogens (primary N) is 1. The van der Waals surface area contributed by atoms with Crippen LogP contribution in [-0.4, -0.2) is 17.1 Å². The van der Waals surface area contributed by atoms with Crippen molar-refractivity contribution in [1.29, 1.82) is 0 Å². The van der Waals surface area contributed by atoms with Gasteiger partial charge < -0.3 is 15.0 Å². The van der Waals surface area contributed by atoms with E-state index in [0.29, 0.717) is 5.02 Å². The van der Waals surface area contributed by atoms with E-state index in [9.17, 15) is 9.59 Å². The van der Waals surface area contributed by atoms with E-state index in [4.69, 9.17) is 22.1 Å². The van der Waals surface area contributed by atoms with Gasteiger partial charge in [-0.05, 0) is 18.2 Å². The molecule has 0 unspecified atom stereocenters. The summed E-state index contributed by atoms with van der Waals surface area (Å²) >= 11 is 5.83. The smallest absolute Gasteiger partial charge is 0.340 e. The predicted octanol–water partition coefficient (Wildman–Crippen LogP) is 1.94. The van der Waals surface area contributed by atoms with Gasteiger partial charge in [0.05, 0.1) is 22.8 Å². The first-order chi connectivity index (χ1) is 9.59. The molecule has 2 rings (SSSR count). The number of pyridine rings is 1. The van der Waals surface area contributed by atoms with Gasteiger partial charge in [-0.2, -0.15) is 0 Å². The second kappa shape index (κ2) is 6.25. The molecule has 0 radical (unpaired) electrons. The lowest BCUT2D eigenvalue weighted by atomic mass is 10.2. The SMILES string of the molecule is Nc1c(Cl)cccc1C(=O)OCCn1ccccc1=O. The first kappa shape index (κ1) is 14.1. The van der Waals surface area contributed by atoms with Gasteiger partial charge >= 0.3 is 5.97 Å². The number of carbonyl (C=O) groups excluding carboxylic acids is 1. The number of nitrogen functional groups attached to an aromatic ring is 1. The summed E-state index contributed by atoms with van der Waals surface area (Å²) in [6.07, 6.45) is 1.63. The Kier molecular flexibility index (Phi) is 4.42. The third-order valence-corrected chi connectivity index (χ3v) is 3.07. The van der Waals surface area contributed by atoms with Crippen molar-refractivity contribution in [2.24, 2.45) is 0 Å². The standard InChI is InChI=1S/C14H13ClN2O3/c15-11-5-3-4-10(13(11)16)14(19)20-9-8-17-7-2-1-6-12(17)18/h1-7H,8-9,16H2. The molecule has 1 aromatic carbocycles. The van der Waals surface area contributed by atoms with Crippen LogP contribution in [0.5, 0.6) is 0 Å². The summed E-state index contributed by atoms with van der Waals surface area (Å²) in [4.78, 5) is 23.3. The molecule has 0 spiro atoms. The lowest BCUT2D eigenvalue weighted by Crippen LogP contribution is -2.21. The van der Waals surface area contributed by atoms with Crippen LogP contribution in [0.2, 0.25) is 5.02 Å². The minimum absolute atomic E-state index is 0.0781. The third kappa shape index (κ3) is 3.19. The number of anilines is 1. The number of para-hydroxylation sites is 1. The summed E-state index contributed by atoms with van der Waals surface area (Å²) in [6, 6.07) is 9.58. The number of hydrogen-bond donors (Lipinski definition) is 1. The molecule has 104 valence electrons. The van der Waals surface area contributed by atoms with Crippen LogP contribution in [0, 0.1) is 0 Å². The van der Waals surface area contributed by atoms with E-state index in [1.54, 1.807) is 30.5 Å². The van der Waals surface area contributed by atoms with E-state index < -0.39 is 5.97 Å². The van der Waals surface area contributed by atoms with Crippen molar-refractivity contribution in [3.05, 3.63) is 63.5 Å². The number of rotatable bonds is 4. The Morgan fingerprint density at radius 1 is 1.25 bits per heavy atom. The maximum atomic E-state index is 11.8. The molecular formula is C14H13ClN2O3.